The first-order valence-corrected chi connectivity index (χ1v) is 6.13. The van der Waals surface area contributed by atoms with E-state index in [1.165, 1.54) is 0 Å². The van der Waals surface area contributed by atoms with Gasteiger partial charge in [0.1, 0.15) is 0 Å². The highest BCUT2D eigenvalue weighted by Gasteiger charge is 2.42. The van der Waals surface area contributed by atoms with E-state index in [0.717, 1.165) is 25.7 Å². The van der Waals surface area contributed by atoms with Gasteiger partial charge in [0, 0.05) is 13.2 Å². The Morgan fingerprint density at radius 1 is 1.50 bits per heavy atom. The lowest BCUT2D eigenvalue weighted by Crippen LogP contribution is -2.43. The zero-order valence-corrected chi connectivity index (χ0v) is 10.3. The van der Waals surface area contributed by atoms with Gasteiger partial charge >= 0.3 is 0 Å². The van der Waals surface area contributed by atoms with Gasteiger partial charge in [-0.05, 0) is 37.0 Å². The molecule has 1 aliphatic carbocycles. The summed E-state index contributed by atoms with van der Waals surface area (Å²) in [6, 6.07) is -0.398. The van der Waals surface area contributed by atoms with E-state index >= 15 is 0 Å². The maximum Gasteiger partial charge on any atom is 0.236 e. The van der Waals surface area contributed by atoms with Gasteiger partial charge in [-0.15, -0.1) is 0 Å². The molecule has 0 spiro atoms. The van der Waals surface area contributed by atoms with Crippen molar-refractivity contribution in [3.63, 3.8) is 0 Å². The second kappa shape index (κ2) is 5.64. The van der Waals surface area contributed by atoms with Crippen LogP contribution in [0.4, 0.5) is 0 Å². The van der Waals surface area contributed by atoms with Gasteiger partial charge in [-0.3, -0.25) is 4.79 Å². The molecule has 0 unspecified atom stereocenters. The van der Waals surface area contributed by atoms with Crippen LogP contribution in [0.2, 0.25) is 0 Å². The minimum Gasteiger partial charge on any atom is -0.396 e. The third-order valence-electron chi connectivity index (χ3n) is 3.30. The van der Waals surface area contributed by atoms with E-state index in [1.54, 1.807) is 0 Å². The van der Waals surface area contributed by atoms with E-state index in [1.807, 2.05) is 0 Å². The van der Waals surface area contributed by atoms with E-state index in [-0.39, 0.29) is 17.9 Å². The number of aliphatic hydroxyl groups excluding tert-OH is 1. The highest BCUT2D eigenvalue weighted by molar-refractivity contribution is 5.81. The molecule has 0 saturated heterocycles. The second-order valence-electron chi connectivity index (χ2n) is 5.43. The number of aliphatic hydroxyl groups is 1. The molecule has 1 amide bonds. The van der Waals surface area contributed by atoms with E-state index in [0.29, 0.717) is 12.5 Å². The Kier molecular flexibility index (Phi) is 4.74. The highest BCUT2D eigenvalue weighted by Crippen LogP contribution is 2.47. The summed E-state index contributed by atoms with van der Waals surface area (Å²) in [7, 11) is 0. The van der Waals surface area contributed by atoms with Crippen molar-refractivity contribution in [2.24, 2.45) is 17.1 Å². The predicted octanol–water partition coefficient (Wildman–Crippen LogP) is 0.639. The molecule has 0 radical (unpaired) electrons. The quantitative estimate of drug-likeness (QED) is 0.598. The molecule has 0 bridgehead atoms. The fraction of sp³-hybridized carbons (Fsp3) is 0.917. The van der Waals surface area contributed by atoms with Gasteiger partial charge in [-0.2, -0.15) is 0 Å². The molecule has 1 rings (SSSR count). The molecule has 4 nitrogen and oxygen atoms in total. The summed E-state index contributed by atoms with van der Waals surface area (Å²) in [5, 5.41) is 11.8. The van der Waals surface area contributed by atoms with Gasteiger partial charge in [0.25, 0.3) is 0 Å². The Labute approximate surface area is 97.6 Å². The molecule has 0 aromatic rings. The lowest BCUT2D eigenvalue weighted by molar-refractivity contribution is -0.123. The van der Waals surface area contributed by atoms with Crippen molar-refractivity contribution < 1.29 is 9.90 Å². The number of amides is 1. The Hall–Kier alpha value is -0.610. The average Bonchev–Trinajstić information content (AvgIpc) is 2.94. The molecule has 1 saturated carbocycles. The Morgan fingerprint density at radius 3 is 2.56 bits per heavy atom. The van der Waals surface area contributed by atoms with Gasteiger partial charge in [0.05, 0.1) is 6.04 Å². The standard InChI is InChI=1S/C12H24N2O2/c1-9(2)7-10(13)11(16)14-8-12(3-4-12)5-6-15/h9-10,15H,3-8,13H2,1-2H3,(H,14,16)/t10-/m0/s1. The van der Waals surface area contributed by atoms with Crippen LogP contribution in [0.25, 0.3) is 0 Å². The SMILES string of the molecule is CC(C)C[C@H](N)C(=O)NCC1(CCO)CC1. The number of carbonyl (C=O) groups excluding carboxylic acids is 1. The number of nitrogens with two attached hydrogens (primary N) is 1. The van der Waals surface area contributed by atoms with Crippen LogP contribution in [0.3, 0.4) is 0 Å². The predicted molar refractivity (Wildman–Crippen MR) is 63.8 cm³/mol. The molecule has 16 heavy (non-hydrogen) atoms. The molecule has 0 aliphatic heterocycles. The molecule has 1 atom stereocenters. The summed E-state index contributed by atoms with van der Waals surface area (Å²) in [5.41, 5.74) is 5.95. The smallest absolute Gasteiger partial charge is 0.236 e. The topological polar surface area (TPSA) is 75.4 Å². The van der Waals surface area contributed by atoms with Crippen LogP contribution in [0.15, 0.2) is 0 Å². The van der Waals surface area contributed by atoms with Crippen molar-refractivity contribution in [3.8, 4) is 0 Å². The van der Waals surface area contributed by atoms with Gasteiger partial charge in [-0.1, -0.05) is 13.8 Å². The number of hydrogen-bond acceptors (Lipinski definition) is 3. The molecule has 0 aromatic carbocycles. The van der Waals surface area contributed by atoms with Crippen LogP contribution in [-0.4, -0.2) is 30.2 Å². The van der Waals surface area contributed by atoms with Crippen LogP contribution in [0.5, 0.6) is 0 Å². The van der Waals surface area contributed by atoms with Crippen LogP contribution in [-0.2, 0) is 4.79 Å². The summed E-state index contributed by atoms with van der Waals surface area (Å²) >= 11 is 0. The van der Waals surface area contributed by atoms with Crippen molar-refractivity contribution in [1.29, 1.82) is 0 Å². The van der Waals surface area contributed by atoms with Gasteiger partial charge < -0.3 is 16.2 Å². The Balaban J connectivity index is 2.24. The van der Waals surface area contributed by atoms with Gasteiger partial charge in [0.15, 0.2) is 0 Å². The monoisotopic (exact) mass is 228 g/mol. The summed E-state index contributed by atoms with van der Waals surface area (Å²) in [4.78, 5) is 11.7. The van der Waals surface area contributed by atoms with Crippen LogP contribution in [0.1, 0.15) is 39.5 Å². The zero-order valence-electron chi connectivity index (χ0n) is 10.3. The maximum atomic E-state index is 11.7. The molecule has 0 aromatic heterocycles. The van der Waals surface area contributed by atoms with Gasteiger partial charge in [0.2, 0.25) is 5.91 Å². The van der Waals surface area contributed by atoms with Gasteiger partial charge in [-0.25, -0.2) is 0 Å². The van der Waals surface area contributed by atoms with E-state index in [2.05, 4.69) is 19.2 Å². The molecule has 1 fully saturated rings. The Morgan fingerprint density at radius 2 is 2.12 bits per heavy atom. The summed E-state index contributed by atoms with van der Waals surface area (Å²) in [5.74, 6) is 0.381. The first kappa shape index (κ1) is 13.5. The molecule has 4 N–H and O–H groups in total. The average molecular weight is 228 g/mol. The van der Waals surface area contributed by atoms with E-state index in [4.69, 9.17) is 10.8 Å². The van der Waals surface area contributed by atoms with E-state index in [9.17, 15) is 4.79 Å². The van der Waals surface area contributed by atoms with E-state index < -0.39 is 6.04 Å². The van der Waals surface area contributed by atoms with Crippen molar-refractivity contribution in [2.75, 3.05) is 13.2 Å². The number of rotatable bonds is 7. The minimum atomic E-state index is -0.398. The number of nitrogens with one attached hydrogen (secondary N) is 1. The third-order valence-corrected chi connectivity index (χ3v) is 3.30. The first-order valence-electron chi connectivity index (χ1n) is 6.13. The van der Waals surface area contributed by atoms with Crippen LogP contribution < -0.4 is 11.1 Å². The first-order chi connectivity index (χ1) is 7.49. The Bertz CT molecular complexity index is 237. The molecular formula is C12H24N2O2. The van der Waals surface area contributed by atoms with Crippen LogP contribution in [0, 0.1) is 11.3 Å². The molecule has 1 aliphatic rings. The van der Waals surface area contributed by atoms with Crippen molar-refractivity contribution in [3.05, 3.63) is 0 Å². The molecular weight excluding hydrogens is 204 g/mol. The summed E-state index contributed by atoms with van der Waals surface area (Å²) in [6.45, 7) is 4.98. The highest BCUT2D eigenvalue weighted by atomic mass is 16.3. The van der Waals surface area contributed by atoms with Crippen molar-refractivity contribution >= 4 is 5.91 Å². The summed E-state index contributed by atoms with van der Waals surface area (Å²) < 4.78 is 0. The number of hydrogen-bond donors (Lipinski definition) is 3. The largest absolute Gasteiger partial charge is 0.396 e. The summed E-state index contributed by atoms with van der Waals surface area (Å²) in [6.07, 6.45) is 3.71. The number of carbonyl (C=O) groups is 1. The van der Waals surface area contributed by atoms with Crippen LogP contribution >= 0.6 is 0 Å². The minimum absolute atomic E-state index is 0.0575. The fourth-order valence-electron chi connectivity index (χ4n) is 1.95. The second-order valence-corrected chi connectivity index (χ2v) is 5.43. The fourth-order valence-corrected chi connectivity index (χ4v) is 1.95. The molecule has 94 valence electrons. The lowest BCUT2D eigenvalue weighted by atomic mass is 10.0. The lowest BCUT2D eigenvalue weighted by Gasteiger charge is -2.18. The molecule has 4 heteroatoms. The van der Waals surface area contributed by atoms with Crippen molar-refractivity contribution in [2.45, 2.75) is 45.6 Å². The molecule has 0 heterocycles. The van der Waals surface area contributed by atoms with Crippen molar-refractivity contribution in [1.82, 2.24) is 5.32 Å². The zero-order chi connectivity index (χ0) is 12.2. The maximum absolute atomic E-state index is 11.7. The normalized spacial score (nSPS) is 19.6. The third kappa shape index (κ3) is 4.10.